The molecule has 3 nitrogen and oxygen atoms in total. The standard InChI is InChI=1S/C12H19NO2/c1-4-10(3)11-6-8-13(9-7-11)12(14)15-5-2/h1,10-11H,5-9H2,2-3H3. The van der Waals surface area contributed by atoms with Gasteiger partial charge in [0.05, 0.1) is 6.61 Å². The van der Waals surface area contributed by atoms with E-state index in [0.717, 1.165) is 25.9 Å². The Morgan fingerprint density at radius 2 is 2.20 bits per heavy atom. The number of carbonyl (C=O) groups excluding carboxylic acids is 1. The Hall–Kier alpha value is -1.17. The molecule has 0 N–H and O–H groups in total. The van der Waals surface area contributed by atoms with E-state index >= 15 is 0 Å². The lowest BCUT2D eigenvalue weighted by Crippen LogP contribution is -2.39. The van der Waals surface area contributed by atoms with Gasteiger partial charge in [-0.25, -0.2) is 4.79 Å². The molecule has 1 aliphatic rings. The Balaban J connectivity index is 2.36. The van der Waals surface area contributed by atoms with Crippen molar-refractivity contribution in [2.45, 2.75) is 26.7 Å². The van der Waals surface area contributed by atoms with Crippen molar-refractivity contribution in [2.75, 3.05) is 19.7 Å². The van der Waals surface area contributed by atoms with E-state index < -0.39 is 0 Å². The summed E-state index contributed by atoms with van der Waals surface area (Å²) in [5.74, 6) is 3.64. The van der Waals surface area contributed by atoms with Crippen molar-refractivity contribution in [3.05, 3.63) is 0 Å². The van der Waals surface area contributed by atoms with Gasteiger partial charge < -0.3 is 9.64 Å². The average molecular weight is 209 g/mol. The van der Waals surface area contributed by atoms with Crippen LogP contribution in [0.4, 0.5) is 4.79 Å². The zero-order valence-electron chi connectivity index (χ0n) is 9.53. The van der Waals surface area contributed by atoms with Gasteiger partial charge in [-0.2, -0.15) is 0 Å². The minimum absolute atomic E-state index is 0.190. The molecule has 0 aromatic carbocycles. The van der Waals surface area contributed by atoms with Gasteiger partial charge in [0.25, 0.3) is 0 Å². The molecule has 1 aliphatic heterocycles. The number of terminal acetylenes is 1. The number of rotatable bonds is 2. The van der Waals surface area contributed by atoms with Crippen LogP contribution in [0.2, 0.25) is 0 Å². The van der Waals surface area contributed by atoms with Crippen molar-refractivity contribution in [1.29, 1.82) is 0 Å². The first kappa shape index (κ1) is 11.9. The SMILES string of the molecule is C#CC(C)C1CCN(C(=O)OCC)CC1. The summed E-state index contributed by atoms with van der Waals surface area (Å²) in [6.45, 7) is 5.89. The fourth-order valence-electron chi connectivity index (χ4n) is 1.93. The number of ether oxygens (including phenoxy) is 1. The summed E-state index contributed by atoms with van der Waals surface area (Å²) >= 11 is 0. The molecule has 0 aromatic rings. The highest BCUT2D eigenvalue weighted by atomic mass is 16.6. The molecule has 84 valence electrons. The van der Waals surface area contributed by atoms with Crippen LogP contribution in [0, 0.1) is 24.2 Å². The molecule has 15 heavy (non-hydrogen) atoms. The molecule has 1 amide bonds. The van der Waals surface area contributed by atoms with E-state index in [1.165, 1.54) is 0 Å². The Bertz CT molecular complexity index is 249. The average Bonchev–Trinajstić information content (AvgIpc) is 2.28. The predicted molar refractivity (Wildman–Crippen MR) is 59.3 cm³/mol. The lowest BCUT2D eigenvalue weighted by atomic mass is 9.86. The normalized spacial score (nSPS) is 19.4. The third-order valence-corrected chi connectivity index (χ3v) is 3.04. The minimum atomic E-state index is -0.190. The molecule has 1 saturated heterocycles. The van der Waals surface area contributed by atoms with Gasteiger partial charge in [-0.3, -0.25) is 0 Å². The molecule has 0 radical (unpaired) electrons. The molecule has 0 aromatic heterocycles. The molecule has 0 bridgehead atoms. The second-order valence-electron chi connectivity index (χ2n) is 3.98. The van der Waals surface area contributed by atoms with Crippen LogP contribution in [-0.2, 0) is 4.74 Å². The number of hydrogen-bond acceptors (Lipinski definition) is 2. The molecular weight excluding hydrogens is 190 g/mol. The van der Waals surface area contributed by atoms with Crippen molar-refractivity contribution in [3.8, 4) is 12.3 Å². The molecule has 0 saturated carbocycles. The highest BCUT2D eigenvalue weighted by Crippen LogP contribution is 2.24. The molecule has 1 fully saturated rings. The summed E-state index contributed by atoms with van der Waals surface area (Å²) < 4.78 is 4.95. The van der Waals surface area contributed by atoms with Gasteiger partial charge in [-0.05, 0) is 25.7 Å². The van der Waals surface area contributed by atoms with Gasteiger partial charge >= 0.3 is 6.09 Å². The maximum absolute atomic E-state index is 11.4. The summed E-state index contributed by atoms with van der Waals surface area (Å²) in [5, 5.41) is 0. The lowest BCUT2D eigenvalue weighted by molar-refractivity contribution is 0.0885. The monoisotopic (exact) mass is 209 g/mol. The summed E-state index contributed by atoms with van der Waals surface area (Å²) in [6.07, 6.45) is 7.18. The fraction of sp³-hybridized carbons (Fsp3) is 0.750. The zero-order chi connectivity index (χ0) is 11.3. The molecule has 1 heterocycles. The van der Waals surface area contributed by atoms with Crippen molar-refractivity contribution in [2.24, 2.45) is 11.8 Å². The van der Waals surface area contributed by atoms with Crippen molar-refractivity contribution in [1.82, 2.24) is 4.90 Å². The van der Waals surface area contributed by atoms with E-state index in [1.807, 2.05) is 6.92 Å². The first-order valence-electron chi connectivity index (χ1n) is 5.56. The lowest BCUT2D eigenvalue weighted by Gasteiger charge is -2.32. The van der Waals surface area contributed by atoms with Gasteiger partial charge in [0.15, 0.2) is 0 Å². The van der Waals surface area contributed by atoms with Crippen LogP contribution in [0.25, 0.3) is 0 Å². The molecule has 1 atom stereocenters. The maximum atomic E-state index is 11.4. The van der Waals surface area contributed by atoms with E-state index in [1.54, 1.807) is 4.90 Å². The molecular formula is C12H19NO2. The summed E-state index contributed by atoms with van der Waals surface area (Å²) in [7, 11) is 0. The van der Waals surface area contributed by atoms with E-state index in [0.29, 0.717) is 18.4 Å². The third-order valence-electron chi connectivity index (χ3n) is 3.04. The number of amides is 1. The van der Waals surface area contributed by atoms with Crippen molar-refractivity contribution >= 4 is 6.09 Å². The van der Waals surface area contributed by atoms with Gasteiger partial charge in [0.1, 0.15) is 0 Å². The quantitative estimate of drug-likeness (QED) is 0.652. The molecule has 3 heteroatoms. The van der Waals surface area contributed by atoms with E-state index in [4.69, 9.17) is 11.2 Å². The number of hydrogen-bond donors (Lipinski definition) is 0. The topological polar surface area (TPSA) is 29.5 Å². The first-order valence-corrected chi connectivity index (χ1v) is 5.56. The third kappa shape index (κ3) is 3.16. The Kier molecular flexibility index (Phi) is 4.48. The van der Waals surface area contributed by atoms with Crippen molar-refractivity contribution < 1.29 is 9.53 Å². The van der Waals surface area contributed by atoms with Crippen LogP contribution in [0.3, 0.4) is 0 Å². The largest absolute Gasteiger partial charge is 0.450 e. The van der Waals surface area contributed by atoms with Crippen LogP contribution in [-0.4, -0.2) is 30.7 Å². The number of nitrogens with zero attached hydrogens (tertiary/aromatic N) is 1. The molecule has 0 spiro atoms. The zero-order valence-corrected chi connectivity index (χ0v) is 9.53. The van der Waals surface area contributed by atoms with Gasteiger partial charge in [0, 0.05) is 19.0 Å². The second kappa shape index (κ2) is 5.65. The first-order chi connectivity index (χ1) is 7.19. The summed E-state index contributed by atoms with van der Waals surface area (Å²) in [5.41, 5.74) is 0. The Morgan fingerprint density at radius 3 is 2.67 bits per heavy atom. The van der Waals surface area contributed by atoms with Crippen LogP contribution in [0.1, 0.15) is 26.7 Å². The second-order valence-corrected chi connectivity index (χ2v) is 3.98. The smallest absolute Gasteiger partial charge is 0.409 e. The molecule has 0 aliphatic carbocycles. The van der Waals surface area contributed by atoms with Crippen LogP contribution in [0.5, 0.6) is 0 Å². The minimum Gasteiger partial charge on any atom is -0.450 e. The summed E-state index contributed by atoms with van der Waals surface area (Å²) in [4.78, 5) is 13.2. The fourth-order valence-corrected chi connectivity index (χ4v) is 1.93. The van der Waals surface area contributed by atoms with Crippen LogP contribution in [0.15, 0.2) is 0 Å². The number of likely N-dealkylation sites (tertiary alicyclic amines) is 1. The maximum Gasteiger partial charge on any atom is 0.409 e. The summed E-state index contributed by atoms with van der Waals surface area (Å²) in [6, 6.07) is 0. The highest BCUT2D eigenvalue weighted by Gasteiger charge is 2.25. The van der Waals surface area contributed by atoms with Crippen molar-refractivity contribution in [3.63, 3.8) is 0 Å². The van der Waals surface area contributed by atoms with Gasteiger partial charge in [-0.1, -0.05) is 6.92 Å². The molecule has 1 rings (SSSR count). The Labute approximate surface area is 91.8 Å². The van der Waals surface area contributed by atoms with E-state index in [-0.39, 0.29) is 6.09 Å². The number of piperidine rings is 1. The predicted octanol–water partition coefficient (Wildman–Crippen LogP) is 2.12. The van der Waals surface area contributed by atoms with Crippen LogP contribution >= 0.6 is 0 Å². The number of carbonyl (C=O) groups is 1. The van der Waals surface area contributed by atoms with Gasteiger partial charge in [0.2, 0.25) is 0 Å². The Morgan fingerprint density at radius 1 is 1.60 bits per heavy atom. The van der Waals surface area contributed by atoms with Gasteiger partial charge in [-0.15, -0.1) is 12.3 Å². The van der Waals surface area contributed by atoms with E-state index in [9.17, 15) is 4.79 Å². The highest BCUT2D eigenvalue weighted by molar-refractivity contribution is 5.67. The molecule has 1 unspecified atom stereocenters. The van der Waals surface area contributed by atoms with Crippen LogP contribution < -0.4 is 0 Å². The van der Waals surface area contributed by atoms with E-state index in [2.05, 4.69) is 12.8 Å².